The Morgan fingerprint density at radius 3 is 2.19 bits per heavy atom. The number of halogens is 3. The number of carbonyl (C=O) groups excluding carboxylic acids is 1. The molecular weight excluding hydrogens is 347 g/mol. The molecule has 0 amide bonds. The zero-order chi connectivity index (χ0) is 19.2. The Morgan fingerprint density at radius 1 is 1.08 bits per heavy atom. The molecule has 0 bridgehead atoms. The lowest BCUT2D eigenvalue weighted by Crippen LogP contribution is -2.07. The van der Waals surface area contributed by atoms with Gasteiger partial charge in [-0.25, -0.2) is 4.79 Å². The largest absolute Gasteiger partial charge is 0.497 e. The summed E-state index contributed by atoms with van der Waals surface area (Å²) in [6, 6.07) is 11.4. The maximum Gasteiger partial charge on any atom is 0.416 e. The SMILES string of the molecule is CCOC(=O)/C=C(/Nc1ccc(OC)cc1)c1ccc(C(F)(F)F)cc1. The molecule has 0 atom stereocenters. The molecule has 138 valence electrons. The monoisotopic (exact) mass is 365 g/mol. The first-order valence-electron chi connectivity index (χ1n) is 7.80. The molecule has 0 aromatic heterocycles. The second-order valence-corrected chi connectivity index (χ2v) is 5.24. The van der Waals surface area contributed by atoms with E-state index in [0.29, 0.717) is 22.7 Å². The minimum Gasteiger partial charge on any atom is -0.497 e. The Bertz CT molecular complexity index is 766. The fraction of sp³-hybridized carbons (Fsp3) is 0.211. The van der Waals surface area contributed by atoms with Crippen molar-refractivity contribution in [2.24, 2.45) is 0 Å². The molecule has 2 rings (SSSR count). The van der Waals surface area contributed by atoms with Crippen LogP contribution in [0.15, 0.2) is 54.6 Å². The molecule has 0 radical (unpaired) electrons. The van der Waals surface area contributed by atoms with Gasteiger partial charge in [0.25, 0.3) is 0 Å². The van der Waals surface area contributed by atoms with Gasteiger partial charge in [0.15, 0.2) is 0 Å². The summed E-state index contributed by atoms with van der Waals surface area (Å²) in [7, 11) is 1.54. The van der Waals surface area contributed by atoms with Crippen LogP contribution >= 0.6 is 0 Å². The van der Waals surface area contributed by atoms with Crippen LogP contribution in [0.4, 0.5) is 18.9 Å². The van der Waals surface area contributed by atoms with E-state index < -0.39 is 17.7 Å². The lowest BCUT2D eigenvalue weighted by Gasteiger charge is -2.13. The van der Waals surface area contributed by atoms with Gasteiger partial charge in [0.2, 0.25) is 0 Å². The first kappa shape index (κ1) is 19.4. The van der Waals surface area contributed by atoms with Crippen LogP contribution in [-0.4, -0.2) is 19.7 Å². The highest BCUT2D eigenvalue weighted by Crippen LogP contribution is 2.30. The fourth-order valence-corrected chi connectivity index (χ4v) is 2.16. The third kappa shape index (κ3) is 5.27. The fourth-order valence-electron chi connectivity index (χ4n) is 2.16. The lowest BCUT2D eigenvalue weighted by atomic mass is 10.1. The molecule has 4 nitrogen and oxygen atoms in total. The molecule has 0 aliphatic rings. The first-order chi connectivity index (χ1) is 12.3. The predicted octanol–water partition coefficient (Wildman–Crippen LogP) is 4.73. The normalized spacial score (nSPS) is 11.8. The standard InChI is InChI=1S/C19H18F3NO3/c1-3-26-18(24)12-17(23-15-8-10-16(25-2)11-9-15)13-4-6-14(7-5-13)19(20,21)22/h4-12,23H,3H2,1-2H3/b17-12+. The topological polar surface area (TPSA) is 47.6 Å². The van der Waals surface area contributed by atoms with Crippen LogP contribution in [0.5, 0.6) is 5.75 Å². The van der Waals surface area contributed by atoms with Gasteiger partial charge in [-0.15, -0.1) is 0 Å². The molecule has 0 fully saturated rings. The van der Waals surface area contributed by atoms with Crippen molar-refractivity contribution in [1.82, 2.24) is 0 Å². The van der Waals surface area contributed by atoms with E-state index in [1.807, 2.05) is 0 Å². The molecule has 1 N–H and O–H groups in total. The van der Waals surface area contributed by atoms with E-state index in [9.17, 15) is 18.0 Å². The van der Waals surface area contributed by atoms with Gasteiger partial charge in [-0.3, -0.25) is 0 Å². The Hall–Kier alpha value is -2.96. The minimum absolute atomic E-state index is 0.193. The Morgan fingerprint density at radius 2 is 1.69 bits per heavy atom. The number of nitrogens with one attached hydrogen (secondary N) is 1. The summed E-state index contributed by atoms with van der Waals surface area (Å²) in [5.74, 6) is 0.0596. The molecule has 0 heterocycles. The van der Waals surface area contributed by atoms with Crippen LogP contribution in [0, 0.1) is 0 Å². The van der Waals surface area contributed by atoms with E-state index in [4.69, 9.17) is 9.47 Å². The highest BCUT2D eigenvalue weighted by Gasteiger charge is 2.30. The van der Waals surface area contributed by atoms with Crippen LogP contribution < -0.4 is 10.1 Å². The number of anilines is 1. The van der Waals surface area contributed by atoms with Crippen molar-refractivity contribution < 1.29 is 27.4 Å². The summed E-state index contributed by atoms with van der Waals surface area (Å²) in [5, 5.41) is 3.02. The number of esters is 1. The maximum atomic E-state index is 12.7. The van der Waals surface area contributed by atoms with Gasteiger partial charge in [0.1, 0.15) is 5.75 Å². The number of benzene rings is 2. The molecule has 2 aromatic carbocycles. The van der Waals surface area contributed by atoms with Gasteiger partial charge >= 0.3 is 12.1 Å². The van der Waals surface area contributed by atoms with Crippen LogP contribution in [0.3, 0.4) is 0 Å². The highest BCUT2D eigenvalue weighted by molar-refractivity contribution is 5.94. The number of methoxy groups -OCH3 is 1. The summed E-state index contributed by atoms with van der Waals surface area (Å²) in [6.07, 6.45) is -3.22. The third-order valence-electron chi connectivity index (χ3n) is 3.44. The second kappa shape index (κ2) is 8.42. The molecular formula is C19H18F3NO3. The van der Waals surface area contributed by atoms with Gasteiger partial charge in [-0.2, -0.15) is 13.2 Å². The number of rotatable bonds is 6. The number of hydrogen-bond acceptors (Lipinski definition) is 4. The molecule has 0 saturated carbocycles. The average Bonchev–Trinajstić information content (AvgIpc) is 2.61. The second-order valence-electron chi connectivity index (χ2n) is 5.24. The average molecular weight is 365 g/mol. The molecule has 0 spiro atoms. The summed E-state index contributed by atoms with van der Waals surface area (Å²) >= 11 is 0. The van der Waals surface area contributed by atoms with Gasteiger partial charge in [0.05, 0.1) is 25.0 Å². The molecule has 2 aromatic rings. The van der Waals surface area contributed by atoms with E-state index in [2.05, 4.69) is 5.32 Å². The molecule has 0 saturated heterocycles. The van der Waals surface area contributed by atoms with E-state index in [1.54, 1.807) is 31.2 Å². The van der Waals surface area contributed by atoms with E-state index in [0.717, 1.165) is 12.1 Å². The minimum atomic E-state index is -4.42. The van der Waals surface area contributed by atoms with E-state index >= 15 is 0 Å². The van der Waals surface area contributed by atoms with Gasteiger partial charge in [-0.05, 0) is 48.9 Å². The Labute approximate surface area is 149 Å². The van der Waals surface area contributed by atoms with Crippen molar-refractivity contribution in [3.63, 3.8) is 0 Å². The zero-order valence-electron chi connectivity index (χ0n) is 14.3. The van der Waals surface area contributed by atoms with Crippen molar-refractivity contribution in [2.45, 2.75) is 13.1 Å². The highest BCUT2D eigenvalue weighted by atomic mass is 19.4. The third-order valence-corrected chi connectivity index (χ3v) is 3.44. The molecule has 0 aliphatic heterocycles. The quantitative estimate of drug-likeness (QED) is 0.594. The predicted molar refractivity (Wildman–Crippen MR) is 92.7 cm³/mol. The lowest BCUT2D eigenvalue weighted by molar-refractivity contribution is -0.138. The molecule has 26 heavy (non-hydrogen) atoms. The van der Waals surface area contributed by atoms with Crippen molar-refractivity contribution in [3.8, 4) is 5.75 Å². The van der Waals surface area contributed by atoms with Gasteiger partial charge in [-0.1, -0.05) is 12.1 Å². The number of hydrogen-bond donors (Lipinski definition) is 1. The van der Waals surface area contributed by atoms with Gasteiger partial charge < -0.3 is 14.8 Å². The number of carbonyl (C=O) groups is 1. The van der Waals surface area contributed by atoms with Crippen LogP contribution in [0.25, 0.3) is 5.70 Å². The van der Waals surface area contributed by atoms with Crippen molar-refractivity contribution in [1.29, 1.82) is 0 Å². The van der Waals surface area contributed by atoms with E-state index in [-0.39, 0.29) is 6.61 Å². The summed E-state index contributed by atoms with van der Waals surface area (Å²) < 4.78 is 48.2. The molecule has 0 aliphatic carbocycles. The van der Waals surface area contributed by atoms with Crippen LogP contribution in [0.1, 0.15) is 18.1 Å². The molecule has 0 unspecified atom stereocenters. The Kier molecular flexibility index (Phi) is 6.27. The van der Waals surface area contributed by atoms with E-state index in [1.165, 1.54) is 25.3 Å². The van der Waals surface area contributed by atoms with Crippen molar-refractivity contribution in [3.05, 3.63) is 65.7 Å². The van der Waals surface area contributed by atoms with Crippen LogP contribution in [0.2, 0.25) is 0 Å². The summed E-state index contributed by atoms with van der Waals surface area (Å²) in [4.78, 5) is 11.8. The van der Waals surface area contributed by atoms with Crippen LogP contribution in [-0.2, 0) is 15.7 Å². The smallest absolute Gasteiger partial charge is 0.416 e. The first-order valence-corrected chi connectivity index (χ1v) is 7.80. The Balaban J connectivity index is 2.32. The number of alkyl halides is 3. The molecule has 7 heteroatoms. The summed E-state index contributed by atoms with van der Waals surface area (Å²) in [5.41, 5.74) is 0.617. The summed E-state index contributed by atoms with van der Waals surface area (Å²) in [6.45, 7) is 1.86. The van der Waals surface area contributed by atoms with Crippen molar-refractivity contribution >= 4 is 17.4 Å². The zero-order valence-corrected chi connectivity index (χ0v) is 14.3. The van der Waals surface area contributed by atoms with Gasteiger partial charge in [0, 0.05) is 11.8 Å². The van der Waals surface area contributed by atoms with Crippen molar-refractivity contribution in [2.75, 3.05) is 19.0 Å². The maximum absolute atomic E-state index is 12.7. The number of ether oxygens (including phenoxy) is 2.